The van der Waals surface area contributed by atoms with Gasteiger partial charge in [-0.1, -0.05) is 6.07 Å². The van der Waals surface area contributed by atoms with E-state index < -0.39 is 5.97 Å². The molecule has 21 heavy (non-hydrogen) atoms. The molecule has 6 nitrogen and oxygen atoms in total. The maximum absolute atomic E-state index is 12.4. The topological polar surface area (TPSA) is 73.7 Å². The molecule has 1 heterocycles. The molecule has 0 aliphatic carbocycles. The number of carbonyl (C=O) groups is 2. The van der Waals surface area contributed by atoms with Crippen molar-refractivity contribution in [2.45, 2.75) is 39.3 Å². The molecule has 1 rings (SSSR count). The lowest BCUT2D eigenvalue weighted by Gasteiger charge is -2.31. The van der Waals surface area contributed by atoms with E-state index in [2.05, 4.69) is 4.98 Å². The maximum atomic E-state index is 12.4. The minimum Gasteiger partial charge on any atom is -0.481 e. The average Bonchev–Trinajstić information content (AvgIpc) is 2.43. The zero-order valence-corrected chi connectivity index (χ0v) is 12.8. The minimum atomic E-state index is -0.838. The van der Waals surface area contributed by atoms with Crippen LogP contribution in [0.5, 0.6) is 0 Å². The molecular formula is C15H23N3O3. The third kappa shape index (κ3) is 5.81. The summed E-state index contributed by atoms with van der Waals surface area (Å²) in [6, 6.07) is 3.68. The van der Waals surface area contributed by atoms with Gasteiger partial charge in [0, 0.05) is 45.0 Å². The van der Waals surface area contributed by atoms with E-state index in [9.17, 15) is 9.59 Å². The lowest BCUT2D eigenvalue weighted by molar-refractivity contribution is -0.137. The second-order valence-corrected chi connectivity index (χ2v) is 5.28. The van der Waals surface area contributed by atoms with Crippen LogP contribution in [-0.2, 0) is 11.3 Å². The molecule has 1 N–H and O–H groups in total. The zero-order chi connectivity index (χ0) is 15.8. The Kier molecular flexibility index (Phi) is 6.65. The van der Waals surface area contributed by atoms with Gasteiger partial charge in [-0.05, 0) is 31.9 Å². The van der Waals surface area contributed by atoms with Gasteiger partial charge in [0.25, 0.3) is 0 Å². The quantitative estimate of drug-likeness (QED) is 0.836. The van der Waals surface area contributed by atoms with Crippen LogP contribution < -0.4 is 0 Å². The van der Waals surface area contributed by atoms with Gasteiger partial charge in [-0.2, -0.15) is 0 Å². The Morgan fingerprint density at radius 1 is 1.38 bits per heavy atom. The molecule has 0 saturated heterocycles. The highest BCUT2D eigenvalue weighted by atomic mass is 16.4. The Balaban J connectivity index is 2.60. The van der Waals surface area contributed by atoms with Crippen molar-refractivity contribution in [1.29, 1.82) is 0 Å². The van der Waals surface area contributed by atoms with Gasteiger partial charge in [-0.15, -0.1) is 0 Å². The van der Waals surface area contributed by atoms with E-state index in [4.69, 9.17) is 5.11 Å². The number of hydrogen-bond donors (Lipinski definition) is 1. The molecule has 1 aromatic rings. The van der Waals surface area contributed by atoms with Crippen LogP contribution in [0, 0.1) is 0 Å². The summed E-state index contributed by atoms with van der Waals surface area (Å²) in [5, 5.41) is 8.69. The predicted molar refractivity (Wildman–Crippen MR) is 79.8 cm³/mol. The van der Waals surface area contributed by atoms with Crippen molar-refractivity contribution >= 4 is 12.0 Å². The number of carboxylic acid groups (broad SMARTS) is 1. The van der Waals surface area contributed by atoms with Crippen LogP contribution in [0.25, 0.3) is 0 Å². The molecule has 1 aromatic heterocycles. The first-order chi connectivity index (χ1) is 9.91. The Morgan fingerprint density at radius 3 is 2.62 bits per heavy atom. The Labute approximate surface area is 125 Å². The first kappa shape index (κ1) is 16.9. The highest BCUT2D eigenvalue weighted by molar-refractivity contribution is 5.74. The van der Waals surface area contributed by atoms with Crippen molar-refractivity contribution in [3.8, 4) is 0 Å². The van der Waals surface area contributed by atoms with Crippen LogP contribution in [-0.4, -0.2) is 51.5 Å². The van der Waals surface area contributed by atoms with Gasteiger partial charge in [-0.25, -0.2) is 4.79 Å². The van der Waals surface area contributed by atoms with E-state index in [1.165, 1.54) is 0 Å². The van der Waals surface area contributed by atoms with Crippen molar-refractivity contribution in [3.63, 3.8) is 0 Å². The maximum Gasteiger partial charge on any atom is 0.320 e. The molecule has 0 aliphatic heterocycles. The summed E-state index contributed by atoms with van der Waals surface area (Å²) in [6.45, 7) is 4.78. The number of carboxylic acids is 1. The predicted octanol–water partition coefficient (Wildman–Crippen LogP) is 2.21. The van der Waals surface area contributed by atoms with E-state index in [1.807, 2.05) is 26.0 Å². The summed E-state index contributed by atoms with van der Waals surface area (Å²) >= 11 is 0. The fourth-order valence-electron chi connectivity index (χ4n) is 2.03. The Hall–Kier alpha value is -2.11. The van der Waals surface area contributed by atoms with Gasteiger partial charge in [0.15, 0.2) is 0 Å². The number of urea groups is 1. The first-order valence-electron chi connectivity index (χ1n) is 7.04. The fraction of sp³-hybridized carbons (Fsp3) is 0.533. The molecule has 0 fully saturated rings. The van der Waals surface area contributed by atoms with E-state index in [-0.39, 0.29) is 18.5 Å². The molecular weight excluding hydrogens is 270 g/mol. The largest absolute Gasteiger partial charge is 0.481 e. The highest BCUT2D eigenvalue weighted by Crippen LogP contribution is 2.09. The SMILES string of the molecule is CC(C)N(CCCC(=O)O)C(=O)N(C)Cc1cccnc1. The van der Waals surface area contributed by atoms with E-state index in [0.29, 0.717) is 19.5 Å². The summed E-state index contributed by atoms with van der Waals surface area (Å²) in [5.41, 5.74) is 0.961. The van der Waals surface area contributed by atoms with Crippen LogP contribution in [0.3, 0.4) is 0 Å². The number of aliphatic carboxylic acids is 1. The molecule has 0 aliphatic rings. The third-order valence-electron chi connectivity index (χ3n) is 3.13. The number of rotatable bonds is 7. The van der Waals surface area contributed by atoms with Gasteiger partial charge >= 0.3 is 12.0 Å². The number of hydrogen-bond acceptors (Lipinski definition) is 3. The molecule has 0 bridgehead atoms. The van der Waals surface area contributed by atoms with Gasteiger partial charge in [0.05, 0.1) is 0 Å². The van der Waals surface area contributed by atoms with Crippen LogP contribution in [0.2, 0.25) is 0 Å². The van der Waals surface area contributed by atoms with Crippen LogP contribution >= 0.6 is 0 Å². The second-order valence-electron chi connectivity index (χ2n) is 5.28. The van der Waals surface area contributed by atoms with Gasteiger partial charge < -0.3 is 14.9 Å². The fourth-order valence-corrected chi connectivity index (χ4v) is 2.03. The van der Waals surface area contributed by atoms with Gasteiger partial charge in [0.1, 0.15) is 0 Å². The Bertz CT molecular complexity index is 462. The van der Waals surface area contributed by atoms with Gasteiger partial charge in [-0.3, -0.25) is 9.78 Å². The molecule has 0 aromatic carbocycles. The summed E-state index contributed by atoms with van der Waals surface area (Å²) in [7, 11) is 1.74. The molecule has 116 valence electrons. The lowest BCUT2D eigenvalue weighted by atomic mass is 10.2. The number of pyridine rings is 1. The Morgan fingerprint density at radius 2 is 2.10 bits per heavy atom. The van der Waals surface area contributed by atoms with E-state index in [0.717, 1.165) is 5.56 Å². The minimum absolute atomic E-state index is 0.0302. The molecule has 0 radical (unpaired) electrons. The van der Waals surface area contributed by atoms with Crippen LogP contribution in [0.4, 0.5) is 4.79 Å². The van der Waals surface area contributed by atoms with Crippen molar-refractivity contribution in [2.75, 3.05) is 13.6 Å². The average molecular weight is 293 g/mol. The summed E-state index contributed by atoms with van der Waals surface area (Å²) in [4.78, 5) is 30.4. The zero-order valence-electron chi connectivity index (χ0n) is 12.8. The van der Waals surface area contributed by atoms with Crippen molar-refractivity contribution < 1.29 is 14.7 Å². The molecule has 6 heteroatoms. The highest BCUT2D eigenvalue weighted by Gasteiger charge is 2.20. The van der Waals surface area contributed by atoms with Crippen molar-refractivity contribution in [2.24, 2.45) is 0 Å². The van der Waals surface area contributed by atoms with Crippen LogP contribution in [0.1, 0.15) is 32.3 Å². The monoisotopic (exact) mass is 293 g/mol. The van der Waals surface area contributed by atoms with Crippen molar-refractivity contribution in [3.05, 3.63) is 30.1 Å². The van der Waals surface area contributed by atoms with Crippen molar-refractivity contribution in [1.82, 2.24) is 14.8 Å². The molecule has 0 atom stereocenters. The molecule has 0 spiro atoms. The second kappa shape index (κ2) is 8.24. The van der Waals surface area contributed by atoms with Gasteiger partial charge in [0.2, 0.25) is 0 Å². The lowest BCUT2D eigenvalue weighted by Crippen LogP contribution is -2.45. The summed E-state index contributed by atoms with van der Waals surface area (Å²) in [5.74, 6) is -0.838. The number of carbonyl (C=O) groups excluding carboxylic acids is 1. The normalized spacial score (nSPS) is 10.5. The number of aromatic nitrogens is 1. The van der Waals surface area contributed by atoms with E-state index >= 15 is 0 Å². The standard InChI is InChI=1S/C15H23N3O3/c1-12(2)18(9-5-7-14(19)20)15(21)17(3)11-13-6-4-8-16-10-13/h4,6,8,10,12H,5,7,9,11H2,1-3H3,(H,19,20). The molecule has 2 amide bonds. The summed E-state index contributed by atoms with van der Waals surface area (Å²) < 4.78 is 0. The molecule has 0 unspecified atom stereocenters. The van der Waals surface area contributed by atoms with Crippen LogP contribution in [0.15, 0.2) is 24.5 Å². The number of nitrogens with zero attached hydrogens (tertiary/aromatic N) is 3. The smallest absolute Gasteiger partial charge is 0.320 e. The molecule has 0 saturated carbocycles. The first-order valence-corrected chi connectivity index (χ1v) is 7.04. The summed E-state index contributed by atoms with van der Waals surface area (Å²) in [6.07, 6.45) is 3.95. The third-order valence-corrected chi connectivity index (χ3v) is 3.13. The number of amides is 2. The van der Waals surface area contributed by atoms with E-state index in [1.54, 1.807) is 29.2 Å².